The van der Waals surface area contributed by atoms with Gasteiger partial charge in [-0.05, 0) is 43.7 Å². The minimum Gasteiger partial charge on any atom is -0.508 e. The summed E-state index contributed by atoms with van der Waals surface area (Å²) in [7, 11) is 4.07. The Bertz CT molecular complexity index is 606. The summed E-state index contributed by atoms with van der Waals surface area (Å²) in [5, 5.41) is 13.2. The molecule has 2 aromatic rings. The molecule has 0 heterocycles. The predicted molar refractivity (Wildman–Crippen MR) is 85.7 cm³/mol. The molecule has 0 aliphatic rings. The molecule has 0 spiro atoms. The van der Waals surface area contributed by atoms with Crippen LogP contribution < -0.4 is 10.2 Å². The first-order valence-electron chi connectivity index (χ1n) is 6.77. The molecule has 0 amide bonds. The Labute approximate surface area is 120 Å². The average molecular weight is 270 g/mol. The lowest BCUT2D eigenvalue weighted by atomic mass is 10.1. The van der Waals surface area contributed by atoms with Crippen LogP contribution in [0.15, 0.2) is 36.4 Å². The number of phenols is 1. The Morgan fingerprint density at radius 3 is 2.45 bits per heavy atom. The minimum absolute atomic E-state index is 0.339. The Morgan fingerprint density at radius 2 is 1.80 bits per heavy atom. The van der Waals surface area contributed by atoms with Gasteiger partial charge in [0.15, 0.2) is 0 Å². The summed E-state index contributed by atoms with van der Waals surface area (Å²) in [5.41, 5.74) is 5.55. The fourth-order valence-corrected chi connectivity index (χ4v) is 2.17. The fraction of sp³-hybridized carbons (Fsp3) is 0.294. The van der Waals surface area contributed by atoms with Crippen LogP contribution in [0.25, 0.3) is 0 Å². The van der Waals surface area contributed by atoms with E-state index in [9.17, 15) is 5.11 Å². The van der Waals surface area contributed by atoms with E-state index in [4.69, 9.17) is 0 Å². The van der Waals surface area contributed by atoms with Crippen LogP contribution in [0.5, 0.6) is 5.75 Å². The first-order valence-corrected chi connectivity index (χ1v) is 6.77. The van der Waals surface area contributed by atoms with E-state index >= 15 is 0 Å². The van der Waals surface area contributed by atoms with Crippen LogP contribution in [0.2, 0.25) is 0 Å². The van der Waals surface area contributed by atoms with Crippen LogP contribution in [-0.2, 0) is 6.54 Å². The highest BCUT2D eigenvalue weighted by Crippen LogP contribution is 2.24. The van der Waals surface area contributed by atoms with Gasteiger partial charge < -0.3 is 15.3 Å². The van der Waals surface area contributed by atoms with Gasteiger partial charge in [0.2, 0.25) is 0 Å². The lowest BCUT2D eigenvalue weighted by molar-refractivity contribution is 0.469. The Hall–Kier alpha value is -2.16. The van der Waals surface area contributed by atoms with Crippen LogP contribution in [0.3, 0.4) is 0 Å². The summed E-state index contributed by atoms with van der Waals surface area (Å²) in [5.74, 6) is 0.339. The summed E-state index contributed by atoms with van der Waals surface area (Å²) >= 11 is 0. The van der Waals surface area contributed by atoms with Crippen molar-refractivity contribution in [2.75, 3.05) is 24.3 Å². The summed E-state index contributed by atoms with van der Waals surface area (Å²) in [6.07, 6.45) is 0. The zero-order valence-electron chi connectivity index (χ0n) is 12.6. The maximum absolute atomic E-state index is 9.85. The lowest BCUT2D eigenvalue weighted by Gasteiger charge is -2.16. The lowest BCUT2D eigenvalue weighted by Crippen LogP contribution is -2.09. The molecule has 2 N–H and O–H groups in total. The third-order valence-corrected chi connectivity index (χ3v) is 3.43. The van der Waals surface area contributed by atoms with Crippen molar-refractivity contribution in [3.8, 4) is 5.75 Å². The number of aromatic hydroxyl groups is 1. The summed E-state index contributed by atoms with van der Waals surface area (Å²) in [4.78, 5) is 2.09. The average Bonchev–Trinajstić information content (AvgIpc) is 2.40. The van der Waals surface area contributed by atoms with Gasteiger partial charge >= 0.3 is 0 Å². The second kappa shape index (κ2) is 5.87. The Balaban J connectivity index is 2.13. The molecule has 0 aliphatic carbocycles. The molecule has 0 saturated carbocycles. The van der Waals surface area contributed by atoms with Crippen molar-refractivity contribution >= 4 is 11.4 Å². The van der Waals surface area contributed by atoms with Gasteiger partial charge in [0.1, 0.15) is 5.75 Å². The van der Waals surface area contributed by atoms with Gasteiger partial charge in [0.25, 0.3) is 0 Å². The van der Waals surface area contributed by atoms with Crippen molar-refractivity contribution < 1.29 is 5.11 Å². The monoisotopic (exact) mass is 270 g/mol. The van der Waals surface area contributed by atoms with E-state index in [1.165, 1.54) is 11.3 Å². The number of phenolic OH excluding ortho intramolecular Hbond substituents is 1. The third kappa shape index (κ3) is 3.23. The maximum Gasteiger partial charge on any atom is 0.120 e. The third-order valence-electron chi connectivity index (χ3n) is 3.43. The molecule has 2 aromatic carbocycles. The number of nitrogens with zero attached hydrogens (tertiary/aromatic N) is 1. The number of hydrogen-bond acceptors (Lipinski definition) is 3. The zero-order valence-corrected chi connectivity index (χ0v) is 12.6. The van der Waals surface area contributed by atoms with E-state index in [0.29, 0.717) is 12.3 Å². The molecule has 0 radical (unpaired) electrons. The molecule has 0 aliphatic heterocycles. The molecule has 0 bridgehead atoms. The normalized spacial score (nSPS) is 10.4. The molecule has 20 heavy (non-hydrogen) atoms. The number of rotatable bonds is 4. The summed E-state index contributed by atoms with van der Waals surface area (Å²) in [6.45, 7) is 4.74. The molecule has 0 aromatic heterocycles. The van der Waals surface area contributed by atoms with E-state index in [-0.39, 0.29) is 0 Å². The molecule has 3 nitrogen and oxygen atoms in total. The van der Waals surface area contributed by atoms with Gasteiger partial charge in [0, 0.05) is 37.6 Å². The van der Waals surface area contributed by atoms with Crippen LogP contribution in [-0.4, -0.2) is 19.2 Å². The fourth-order valence-electron chi connectivity index (χ4n) is 2.17. The van der Waals surface area contributed by atoms with Crippen LogP contribution in [0.4, 0.5) is 11.4 Å². The highest BCUT2D eigenvalue weighted by atomic mass is 16.3. The van der Waals surface area contributed by atoms with E-state index < -0.39 is 0 Å². The molecular weight excluding hydrogens is 248 g/mol. The second-order valence-electron chi connectivity index (χ2n) is 5.38. The first-order chi connectivity index (χ1) is 9.47. The maximum atomic E-state index is 9.85. The quantitative estimate of drug-likeness (QED) is 0.889. The number of hydrogen-bond donors (Lipinski definition) is 2. The molecular formula is C17H22N2O. The van der Waals surface area contributed by atoms with Gasteiger partial charge in [0.05, 0.1) is 0 Å². The number of anilines is 2. The molecule has 0 unspecified atom stereocenters. The van der Waals surface area contributed by atoms with Gasteiger partial charge in [-0.3, -0.25) is 0 Å². The van der Waals surface area contributed by atoms with Crippen LogP contribution in [0.1, 0.15) is 16.7 Å². The topological polar surface area (TPSA) is 35.5 Å². The second-order valence-corrected chi connectivity index (χ2v) is 5.38. The zero-order chi connectivity index (χ0) is 14.7. The Kier molecular flexibility index (Phi) is 4.18. The van der Waals surface area contributed by atoms with Crippen molar-refractivity contribution in [2.24, 2.45) is 0 Å². The number of benzene rings is 2. The first kappa shape index (κ1) is 14.3. The molecule has 2 rings (SSSR count). The van der Waals surface area contributed by atoms with Crippen molar-refractivity contribution in [1.82, 2.24) is 0 Å². The molecule has 3 heteroatoms. The smallest absolute Gasteiger partial charge is 0.120 e. The predicted octanol–water partition coefficient (Wildman–Crippen LogP) is 3.69. The van der Waals surface area contributed by atoms with Crippen LogP contribution >= 0.6 is 0 Å². The van der Waals surface area contributed by atoms with Crippen LogP contribution in [0, 0.1) is 13.8 Å². The molecule has 0 atom stereocenters. The molecule has 0 fully saturated rings. The summed E-state index contributed by atoms with van der Waals surface area (Å²) in [6, 6.07) is 12.0. The number of aryl methyl sites for hydroxylation is 2. The summed E-state index contributed by atoms with van der Waals surface area (Å²) < 4.78 is 0. The van der Waals surface area contributed by atoms with E-state index in [0.717, 1.165) is 16.8 Å². The standard InChI is InChI=1S/C17H22N2O/c1-12-5-8-17(20)14(9-12)11-18-16-7-6-15(19(3)4)10-13(16)2/h5-10,18,20H,11H2,1-4H3. The van der Waals surface area contributed by atoms with Gasteiger partial charge in [-0.15, -0.1) is 0 Å². The minimum atomic E-state index is 0.339. The highest BCUT2D eigenvalue weighted by molar-refractivity contribution is 5.60. The SMILES string of the molecule is Cc1ccc(O)c(CNc2ccc(N(C)C)cc2C)c1. The highest BCUT2D eigenvalue weighted by Gasteiger charge is 2.04. The number of nitrogens with one attached hydrogen (secondary N) is 1. The largest absolute Gasteiger partial charge is 0.508 e. The van der Waals surface area contributed by atoms with Crippen molar-refractivity contribution in [3.63, 3.8) is 0 Å². The van der Waals surface area contributed by atoms with E-state index in [1.807, 2.05) is 33.2 Å². The van der Waals surface area contributed by atoms with Gasteiger partial charge in [-0.2, -0.15) is 0 Å². The molecule has 106 valence electrons. The van der Waals surface area contributed by atoms with Crippen molar-refractivity contribution in [1.29, 1.82) is 0 Å². The van der Waals surface area contributed by atoms with E-state index in [2.05, 4.69) is 35.3 Å². The molecule has 0 saturated heterocycles. The van der Waals surface area contributed by atoms with Gasteiger partial charge in [-0.25, -0.2) is 0 Å². The van der Waals surface area contributed by atoms with Crippen molar-refractivity contribution in [2.45, 2.75) is 20.4 Å². The van der Waals surface area contributed by atoms with Gasteiger partial charge in [-0.1, -0.05) is 17.7 Å². The van der Waals surface area contributed by atoms with Crippen molar-refractivity contribution in [3.05, 3.63) is 53.1 Å². The Morgan fingerprint density at radius 1 is 1.05 bits per heavy atom. The van der Waals surface area contributed by atoms with E-state index in [1.54, 1.807) is 6.07 Å².